The van der Waals surface area contributed by atoms with Crippen LogP contribution in [-0.2, 0) is 6.18 Å². The van der Waals surface area contributed by atoms with Crippen LogP contribution in [0.4, 0.5) is 23.2 Å². The van der Waals surface area contributed by atoms with Gasteiger partial charge in [-0.1, -0.05) is 23.7 Å². The molecule has 3 N–H and O–H groups in total. The number of benzene rings is 3. The average molecular weight is 457 g/mol. The quantitative estimate of drug-likeness (QED) is 0.339. The van der Waals surface area contributed by atoms with E-state index in [4.69, 9.17) is 21.5 Å². The minimum absolute atomic E-state index is 0.104. The zero-order valence-corrected chi connectivity index (χ0v) is 16.5. The van der Waals surface area contributed by atoms with Crippen LogP contribution in [0.1, 0.15) is 15.9 Å². The van der Waals surface area contributed by atoms with Crippen LogP contribution in [0.25, 0.3) is 0 Å². The molecule has 0 saturated carbocycles. The molecule has 0 aliphatic carbocycles. The van der Waals surface area contributed by atoms with Crippen molar-refractivity contribution in [2.24, 2.45) is 5.14 Å². The van der Waals surface area contributed by atoms with Gasteiger partial charge in [0.25, 0.3) is 5.91 Å². The Morgan fingerprint density at radius 2 is 1.77 bits per heavy atom. The highest BCUT2D eigenvalue weighted by atomic mass is 35.5. The first-order valence-electron chi connectivity index (χ1n) is 8.30. The molecule has 0 unspecified atom stereocenters. The summed E-state index contributed by atoms with van der Waals surface area (Å²) in [6, 6.07) is 12.5. The highest BCUT2D eigenvalue weighted by Gasteiger charge is 2.37. The molecule has 3 aromatic rings. The third kappa shape index (κ3) is 5.05. The van der Waals surface area contributed by atoms with Crippen LogP contribution in [0.3, 0.4) is 0 Å². The minimum atomic E-state index is -4.83. The molecule has 10 heteroatoms. The van der Waals surface area contributed by atoms with Gasteiger partial charge in [-0.05, 0) is 60.5 Å². The number of ether oxygens (including phenoxy) is 1. The van der Waals surface area contributed by atoms with Crippen molar-refractivity contribution in [1.82, 2.24) is 0 Å². The summed E-state index contributed by atoms with van der Waals surface area (Å²) in [5.41, 5.74) is -1.69. The number of hydrogen-bond donors (Lipinski definition) is 2. The van der Waals surface area contributed by atoms with E-state index in [0.29, 0.717) is 4.90 Å². The second-order valence-corrected chi connectivity index (χ2v) is 7.07. The number of amides is 1. The Bertz CT molecular complexity index is 1090. The molecule has 156 valence electrons. The van der Waals surface area contributed by atoms with Crippen molar-refractivity contribution in [3.05, 3.63) is 82.6 Å². The molecule has 30 heavy (non-hydrogen) atoms. The van der Waals surface area contributed by atoms with Crippen LogP contribution in [0, 0.1) is 5.82 Å². The number of halogens is 5. The molecule has 0 saturated heterocycles. The molecule has 0 radical (unpaired) electrons. The summed E-state index contributed by atoms with van der Waals surface area (Å²) in [5.74, 6) is -2.18. The molecule has 0 heterocycles. The van der Waals surface area contributed by atoms with Crippen molar-refractivity contribution >= 4 is 35.1 Å². The van der Waals surface area contributed by atoms with Crippen molar-refractivity contribution in [3.63, 3.8) is 0 Å². The van der Waals surface area contributed by atoms with Crippen molar-refractivity contribution in [1.29, 1.82) is 0 Å². The van der Waals surface area contributed by atoms with Crippen LogP contribution < -0.4 is 15.2 Å². The first kappa shape index (κ1) is 21.9. The van der Waals surface area contributed by atoms with Gasteiger partial charge >= 0.3 is 6.18 Å². The predicted molar refractivity (Wildman–Crippen MR) is 107 cm³/mol. The second-order valence-electron chi connectivity index (χ2n) is 5.95. The van der Waals surface area contributed by atoms with Gasteiger partial charge in [0.2, 0.25) is 0 Å². The van der Waals surface area contributed by atoms with Gasteiger partial charge in [-0.25, -0.2) is 4.39 Å². The van der Waals surface area contributed by atoms with E-state index in [1.54, 1.807) is 12.1 Å². The lowest BCUT2D eigenvalue weighted by atomic mass is 10.0. The molecule has 3 rings (SSSR count). The number of rotatable bonds is 5. The fraction of sp³-hybridized carbons (Fsp3) is 0.0500. The number of carbonyl (C=O) groups excluding carboxylic acids is 1. The molecule has 1 amide bonds. The van der Waals surface area contributed by atoms with Crippen LogP contribution in [0.2, 0.25) is 5.02 Å². The van der Waals surface area contributed by atoms with E-state index in [-0.39, 0.29) is 22.2 Å². The van der Waals surface area contributed by atoms with Gasteiger partial charge in [-0.2, -0.15) is 13.2 Å². The zero-order valence-electron chi connectivity index (χ0n) is 15.0. The molecule has 0 aliphatic heterocycles. The van der Waals surface area contributed by atoms with Crippen molar-refractivity contribution < 1.29 is 27.1 Å². The topological polar surface area (TPSA) is 64.3 Å². The number of nitrogens with one attached hydrogen (secondary N) is 1. The normalized spacial score (nSPS) is 11.3. The van der Waals surface area contributed by atoms with Gasteiger partial charge in [-0.15, -0.1) is 0 Å². The Kier molecular flexibility index (Phi) is 6.55. The Balaban J connectivity index is 2.04. The number of anilines is 1. The molecule has 0 aliphatic rings. The van der Waals surface area contributed by atoms with Crippen molar-refractivity contribution in [3.8, 4) is 11.5 Å². The summed E-state index contributed by atoms with van der Waals surface area (Å²) in [6.07, 6.45) is -4.83. The van der Waals surface area contributed by atoms with Gasteiger partial charge < -0.3 is 10.1 Å². The van der Waals surface area contributed by atoms with Gasteiger partial charge in [-0.3, -0.25) is 9.93 Å². The molecule has 0 fully saturated rings. The molecule has 3 aromatic carbocycles. The maximum absolute atomic E-state index is 13.6. The maximum atomic E-state index is 13.6. The van der Waals surface area contributed by atoms with E-state index in [9.17, 15) is 22.4 Å². The molecular weight excluding hydrogens is 444 g/mol. The number of nitrogens with two attached hydrogens (primary N) is 1. The average Bonchev–Trinajstić information content (AvgIpc) is 2.69. The molecule has 0 spiro atoms. The summed E-state index contributed by atoms with van der Waals surface area (Å²) in [7, 11) is 0. The summed E-state index contributed by atoms with van der Waals surface area (Å²) in [4.78, 5) is 13.4. The van der Waals surface area contributed by atoms with E-state index in [1.807, 2.05) is 0 Å². The zero-order chi connectivity index (χ0) is 21.9. The van der Waals surface area contributed by atoms with Crippen LogP contribution in [-0.4, -0.2) is 5.91 Å². The smallest absolute Gasteiger partial charge is 0.417 e. The summed E-state index contributed by atoms with van der Waals surface area (Å²) >= 11 is 6.82. The van der Waals surface area contributed by atoms with Crippen molar-refractivity contribution in [2.45, 2.75) is 11.1 Å². The largest absolute Gasteiger partial charge is 0.455 e. The van der Waals surface area contributed by atoms with E-state index in [2.05, 4.69) is 5.32 Å². The lowest BCUT2D eigenvalue weighted by Gasteiger charge is -2.17. The lowest BCUT2D eigenvalue weighted by molar-refractivity contribution is -0.138. The molecule has 0 atom stereocenters. The Morgan fingerprint density at radius 3 is 2.43 bits per heavy atom. The van der Waals surface area contributed by atoms with Crippen LogP contribution in [0.5, 0.6) is 11.5 Å². The third-order valence-electron chi connectivity index (χ3n) is 3.90. The SMILES string of the molecule is NSc1cccc(NC(=O)c2c(Oc3ccc(F)cc3Cl)cccc2C(F)(F)F)c1. The lowest BCUT2D eigenvalue weighted by Crippen LogP contribution is -2.19. The predicted octanol–water partition coefficient (Wildman–Crippen LogP) is 6.51. The number of alkyl halides is 3. The van der Waals surface area contributed by atoms with Gasteiger partial charge in [0.1, 0.15) is 17.3 Å². The molecule has 0 bridgehead atoms. The van der Waals surface area contributed by atoms with Crippen molar-refractivity contribution in [2.75, 3.05) is 5.32 Å². The number of carbonyl (C=O) groups is 1. The third-order valence-corrected chi connectivity index (χ3v) is 4.72. The van der Waals surface area contributed by atoms with Crippen LogP contribution >= 0.6 is 23.5 Å². The van der Waals surface area contributed by atoms with Gasteiger partial charge in [0.05, 0.1) is 16.1 Å². The van der Waals surface area contributed by atoms with E-state index >= 15 is 0 Å². The highest BCUT2D eigenvalue weighted by molar-refractivity contribution is 7.97. The first-order chi connectivity index (χ1) is 14.2. The first-order valence-corrected chi connectivity index (χ1v) is 9.56. The summed E-state index contributed by atoms with van der Waals surface area (Å²) in [5, 5.41) is 7.73. The second kappa shape index (κ2) is 8.95. The fourth-order valence-corrected chi connectivity index (χ4v) is 3.16. The number of hydrogen-bond acceptors (Lipinski definition) is 4. The monoisotopic (exact) mass is 456 g/mol. The van der Waals surface area contributed by atoms with Crippen LogP contribution in [0.15, 0.2) is 65.6 Å². The summed E-state index contributed by atoms with van der Waals surface area (Å²) in [6.45, 7) is 0. The van der Waals surface area contributed by atoms with Gasteiger partial charge in [0.15, 0.2) is 0 Å². The maximum Gasteiger partial charge on any atom is 0.417 e. The van der Waals surface area contributed by atoms with Gasteiger partial charge in [0, 0.05) is 10.6 Å². The van der Waals surface area contributed by atoms with E-state index in [1.165, 1.54) is 18.2 Å². The Labute approximate surface area is 178 Å². The fourth-order valence-electron chi connectivity index (χ4n) is 2.60. The standard InChI is InChI=1S/C20H13ClF4N2O2S/c21-15-9-11(22)7-8-16(15)29-17-6-2-5-14(20(23,24)25)18(17)19(28)27-12-3-1-4-13(10-12)30-26/h1-10H,26H2,(H,27,28). The Morgan fingerprint density at radius 1 is 1.03 bits per heavy atom. The van der Waals surface area contributed by atoms with E-state index < -0.39 is 29.0 Å². The molecule has 0 aromatic heterocycles. The van der Waals surface area contributed by atoms with E-state index in [0.717, 1.165) is 42.3 Å². The minimum Gasteiger partial charge on any atom is -0.455 e. The highest BCUT2D eigenvalue weighted by Crippen LogP contribution is 2.39. The summed E-state index contributed by atoms with van der Waals surface area (Å²) < 4.78 is 59.5. The molecular formula is C20H13ClF4N2O2S. The Hall–Kier alpha value is -2.75. The molecule has 4 nitrogen and oxygen atoms in total.